The summed E-state index contributed by atoms with van der Waals surface area (Å²) in [7, 11) is 0. The van der Waals surface area contributed by atoms with E-state index in [1.54, 1.807) is 0 Å². The number of aliphatic hydroxyl groups is 1. The van der Waals surface area contributed by atoms with Gasteiger partial charge >= 0.3 is 0 Å². The van der Waals surface area contributed by atoms with Crippen molar-refractivity contribution in [2.24, 2.45) is 11.7 Å². The number of carbonyl (C=O) groups is 1. The van der Waals surface area contributed by atoms with Gasteiger partial charge in [-0.3, -0.25) is 4.79 Å². The molecule has 19 heavy (non-hydrogen) atoms. The van der Waals surface area contributed by atoms with Gasteiger partial charge in [-0.15, -0.1) is 0 Å². The average molecular weight is 260 g/mol. The van der Waals surface area contributed by atoms with Gasteiger partial charge in [-0.2, -0.15) is 0 Å². The number of fused-ring (bicyclic) bond motifs is 1. The summed E-state index contributed by atoms with van der Waals surface area (Å²) < 4.78 is 0. The maximum absolute atomic E-state index is 12.3. The number of amides is 1. The predicted octanol–water partition coefficient (Wildman–Crippen LogP) is 0.888. The summed E-state index contributed by atoms with van der Waals surface area (Å²) in [5.74, 6) is -0.106. The third kappa shape index (κ3) is 2.26. The van der Waals surface area contributed by atoms with Crippen molar-refractivity contribution in [2.75, 3.05) is 0 Å². The molecule has 2 aliphatic carbocycles. The van der Waals surface area contributed by atoms with Crippen molar-refractivity contribution in [3.05, 3.63) is 35.4 Å². The Hall–Kier alpha value is -1.39. The zero-order chi connectivity index (χ0) is 13.4. The van der Waals surface area contributed by atoms with Crippen LogP contribution in [0, 0.1) is 5.92 Å². The lowest BCUT2D eigenvalue weighted by Crippen LogP contribution is -2.42. The number of nitrogens with one attached hydrogen (secondary N) is 1. The molecule has 0 saturated heterocycles. The van der Waals surface area contributed by atoms with Gasteiger partial charge < -0.3 is 16.2 Å². The lowest BCUT2D eigenvalue weighted by atomic mass is 10.0. The monoisotopic (exact) mass is 260 g/mol. The first kappa shape index (κ1) is 12.6. The van der Waals surface area contributed by atoms with Gasteiger partial charge in [0.25, 0.3) is 0 Å². The van der Waals surface area contributed by atoms with Crippen molar-refractivity contribution < 1.29 is 9.90 Å². The van der Waals surface area contributed by atoms with Gasteiger partial charge in [0.05, 0.1) is 18.1 Å². The Balaban J connectivity index is 1.75. The number of aliphatic hydroxyl groups excluding tert-OH is 1. The number of rotatable bonds is 2. The smallest absolute Gasteiger partial charge is 0.225 e. The summed E-state index contributed by atoms with van der Waals surface area (Å²) in [6, 6.07) is 7.57. The fourth-order valence-electron chi connectivity index (χ4n) is 3.32. The number of hydrogen-bond acceptors (Lipinski definition) is 3. The molecule has 0 heterocycles. The van der Waals surface area contributed by atoms with E-state index in [1.165, 1.54) is 0 Å². The fourth-order valence-corrected chi connectivity index (χ4v) is 3.32. The molecule has 1 fully saturated rings. The van der Waals surface area contributed by atoms with Crippen LogP contribution in [0.25, 0.3) is 0 Å². The molecule has 0 bridgehead atoms. The van der Waals surface area contributed by atoms with E-state index < -0.39 is 6.10 Å². The van der Waals surface area contributed by atoms with Crippen LogP contribution in [0.2, 0.25) is 0 Å². The van der Waals surface area contributed by atoms with Crippen LogP contribution in [-0.2, 0) is 11.2 Å². The highest BCUT2D eigenvalue weighted by Crippen LogP contribution is 2.32. The van der Waals surface area contributed by atoms with Gasteiger partial charge in [0.1, 0.15) is 0 Å². The van der Waals surface area contributed by atoms with Crippen LogP contribution in [0.5, 0.6) is 0 Å². The fraction of sp³-hybridized carbons (Fsp3) is 0.533. The van der Waals surface area contributed by atoms with E-state index in [9.17, 15) is 9.90 Å². The minimum Gasteiger partial charge on any atom is -0.390 e. The molecule has 1 aromatic carbocycles. The Bertz CT molecular complexity index is 489. The quantitative estimate of drug-likeness (QED) is 0.739. The zero-order valence-corrected chi connectivity index (χ0v) is 10.9. The molecule has 102 valence electrons. The molecule has 4 atom stereocenters. The average Bonchev–Trinajstić information content (AvgIpc) is 2.94. The topological polar surface area (TPSA) is 75.4 Å². The van der Waals surface area contributed by atoms with Gasteiger partial charge in [-0.05, 0) is 24.0 Å². The second-order valence-corrected chi connectivity index (χ2v) is 5.66. The van der Waals surface area contributed by atoms with Crippen LogP contribution in [-0.4, -0.2) is 23.2 Å². The second kappa shape index (κ2) is 4.94. The van der Waals surface area contributed by atoms with Gasteiger partial charge in [-0.1, -0.05) is 30.7 Å². The van der Waals surface area contributed by atoms with Crippen molar-refractivity contribution in [3.8, 4) is 0 Å². The molecule has 0 spiro atoms. The molecule has 4 nitrogen and oxygen atoms in total. The first-order chi connectivity index (χ1) is 9.16. The van der Waals surface area contributed by atoms with E-state index in [0.717, 1.165) is 30.4 Å². The number of benzene rings is 1. The van der Waals surface area contributed by atoms with Crippen LogP contribution in [0.4, 0.5) is 0 Å². The van der Waals surface area contributed by atoms with Gasteiger partial charge in [0.15, 0.2) is 0 Å². The van der Waals surface area contributed by atoms with Crippen molar-refractivity contribution >= 4 is 5.91 Å². The van der Waals surface area contributed by atoms with Gasteiger partial charge in [-0.25, -0.2) is 0 Å². The largest absolute Gasteiger partial charge is 0.390 e. The van der Waals surface area contributed by atoms with Crippen LogP contribution in [0.15, 0.2) is 24.3 Å². The molecule has 0 aromatic heterocycles. The highest BCUT2D eigenvalue weighted by atomic mass is 16.3. The molecular formula is C15H20N2O2. The molecule has 4 N–H and O–H groups in total. The minimum atomic E-state index is -0.529. The van der Waals surface area contributed by atoms with Crippen LogP contribution < -0.4 is 11.1 Å². The Kier molecular flexibility index (Phi) is 3.29. The van der Waals surface area contributed by atoms with Crippen molar-refractivity contribution in [2.45, 2.75) is 43.9 Å². The standard InChI is InChI=1S/C15H20N2O2/c16-12-7-3-6-11(12)15(19)17-14-10-5-2-1-4-9(10)8-13(14)18/h1-2,4-5,11-14,18H,3,6-8,16H2,(H,17,19)/t11?,12?,13-,14+/m1/s1. The molecule has 2 aliphatic rings. The number of carbonyl (C=O) groups excluding carboxylic acids is 1. The highest BCUT2D eigenvalue weighted by Gasteiger charge is 2.36. The second-order valence-electron chi connectivity index (χ2n) is 5.66. The Morgan fingerprint density at radius 3 is 2.84 bits per heavy atom. The summed E-state index contributed by atoms with van der Waals surface area (Å²) in [5, 5.41) is 13.1. The summed E-state index contributed by atoms with van der Waals surface area (Å²) in [6.45, 7) is 0. The summed E-state index contributed by atoms with van der Waals surface area (Å²) in [6.07, 6.45) is 2.87. The van der Waals surface area contributed by atoms with Gasteiger partial charge in [0, 0.05) is 12.5 Å². The Morgan fingerprint density at radius 1 is 1.32 bits per heavy atom. The summed E-state index contributed by atoms with van der Waals surface area (Å²) in [4.78, 5) is 12.3. The molecule has 3 rings (SSSR count). The Morgan fingerprint density at radius 2 is 2.11 bits per heavy atom. The van der Waals surface area contributed by atoms with Crippen molar-refractivity contribution in [1.82, 2.24) is 5.32 Å². The molecular weight excluding hydrogens is 240 g/mol. The Labute approximate surface area is 113 Å². The predicted molar refractivity (Wildman–Crippen MR) is 72.4 cm³/mol. The maximum atomic E-state index is 12.3. The first-order valence-electron chi connectivity index (χ1n) is 6.98. The molecule has 1 aromatic rings. The van der Waals surface area contributed by atoms with Crippen molar-refractivity contribution in [3.63, 3.8) is 0 Å². The number of hydrogen-bond donors (Lipinski definition) is 3. The molecule has 2 unspecified atom stereocenters. The van der Waals surface area contributed by atoms with Crippen LogP contribution >= 0.6 is 0 Å². The van der Waals surface area contributed by atoms with E-state index in [1.807, 2.05) is 24.3 Å². The third-order valence-corrected chi connectivity index (χ3v) is 4.41. The molecule has 4 heteroatoms. The molecule has 1 saturated carbocycles. The SMILES string of the molecule is NC1CCCC1C(=O)N[C@H]1c2ccccc2C[C@H]1O. The lowest BCUT2D eigenvalue weighted by molar-refractivity contribution is -0.126. The molecule has 0 radical (unpaired) electrons. The van der Waals surface area contributed by atoms with E-state index in [0.29, 0.717) is 6.42 Å². The van der Waals surface area contributed by atoms with Crippen molar-refractivity contribution in [1.29, 1.82) is 0 Å². The molecule has 1 amide bonds. The van der Waals surface area contributed by atoms with E-state index in [4.69, 9.17) is 5.73 Å². The maximum Gasteiger partial charge on any atom is 0.225 e. The normalized spacial score (nSPS) is 33.2. The summed E-state index contributed by atoms with van der Waals surface area (Å²) in [5.41, 5.74) is 8.12. The van der Waals surface area contributed by atoms with E-state index in [-0.39, 0.29) is 23.9 Å². The van der Waals surface area contributed by atoms with Crippen LogP contribution in [0.1, 0.15) is 36.4 Å². The minimum absolute atomic E-state index is 0.00856. The third-order valence-electron chi connectivity index (χ3n) is 4.41. The molecule has 0 aliphatic heterocycles. The first-order valence-corrected chi connectivity index (χ1v) is 6.98. The van der Waals surface area contributed by atoms with E-state index in [2.05, 4.69) is 5.32 Å². The van der Waals surface area contributed by atoms with Crippen LogP contribution in [0.3, 0.4) is 0 Å². The van der Waals surface area contributed by atoms with E-state index >= 15 is 0 Å². The number of nitrogens with two attached hydrogens (primary N) is 1. The summed E-state index contributed by atoms with van der Waals surface area (Å²) >= 11 is 0. The van der Waals surface area contributed by atoms with Gasteiger partial charge in [0.2, 0.25) is 5.91 Å². The zero-order valence-electron chi connectivity index (χ0n) is 10.9. The lowest BCUT2D eigenvalue weighted by Gasteiger charge is -2.22. The highest BCUT2D eigenvalue weighted by molar-refractivity contribution is 5.80.